The van der Waals surface area contributed by atoms with Crippen LogP contribution in [0.15, 0.2) is 41.7 Å². The van der Waals surface area contributed by atoms with Crippen molar-refractivity contribution in [3.05, 3.63) is 48.0 Å². The number of nitrogens with two attached hydrogens (primary N) is 1. The summed E-state index contributed by atoms with van der Waals surface area (Å²) in [7, 11) is 1.58. The molecule has 130 valence electrons. The second-order valence-corrected chi connectivity index (χ2v) is 6.21. The predicted octanol–water partition coefficient (Wildman–Crippen LogP) is 2.08. The van der Waals surface area contributed by atoms with E-state index >= 15 is 0 Å². The maximum absolute atomic E-state index is 14.7. The summed E-state index contributed by atoms with van der Waals surface area (Å²) in [5.41, 5.74) is 7.03. The van der Waals surface area contributed by atoms with Gasteiger partial charge in [-0.1, -0.05) is 6.07 Å². The Bertz CT molecular complexity index is 842. The highest BCUT2D eigenvalue weighted by Crippen LogP contribution is 2.43. The molecule has 2 aromatic rings. The van der Waals surface area contributed by atoms with Gasteiger partial charge in [-0.15, -0.1) is 0 Å². The Hall–Kier alpha value is -2.67. The van der Waals surface area contributed by atoms with Crippen molar-refractivity contribution in [2.45, 2.75) is 5.54 Å². The summed E-state index contributed by atoms with van der Waals surface area (Å²) in [5.74, 6) is 0.221. The highest BCUT2D eigenvalue weighted by Gasteiger charge is 2.50. The van der Waals surface area contributed by atoms with Crippen LogP contribution in [0, 0.1) is 11.7 Å². The van der Waals surface area contributed by atoms with Gasteiger partial charge in [0.2, 0.25) is 0 Å². The molecule has 2 unspecified atom stereocenters. The Balaban J connectivity index is 1.84. The average Bonchev–Trinajstić information content (AvgIpc) is 3.06. The lowest BCUT2D eigenvalue weighted by Crippen LogP contribution is -2.43. The fraction of sp³-hybridized carbons (Fsp3) is 0.333. The molecular weight excluding hydrogens is 325 g/mol. The zero-order chi connectivity index (χ0) is 17.4. The van der Waals surface area contributed by atoms with Crippen molar-refractivity contribution in [2.75, 3.05) is 26.9 Å². The molecule has 7 heteroatoms. The monoisotopic (exact) mass is 343 g/mol. The quantitative estimate of drug-likeness (QED) is 0.923. The van der Waals surface area contributed by atoms with Crippen LogP contribution in [0.2, 0.25) is 0 Å². The van der Waals surface area contributed by atoms with E-state index in [4.69, 9.17) is 19.9 Å². The number of amidine groups is 1. The van der Waals surface area contributed by atoms with E-state index in [-0.39, 0.29) is 24.4 Å². The van der Waals surface area contributed by atoms with Crippen molar-refractivity contribution in [2.24, 2.45) is 16.6 Å². The van der Waals surface area contributed by atoms with Crippen LogP contribution in [0.5, 0.6) is 5.75 Å². The van der Waals surface area contributed by atoms with Crippen molar-refractivity contribution in [1.82, 2.24) is 4.98 Å². The summed E-state index contributed by atoms with van der Waals surface area (Å²) >= 11 is 0. The highest BCUT2D eigenvalue weighted by molar-refractivity contribution is 5.73. The van der Waals surface area contributed by atoms with E-state index < -0.39 is 5.54 Å². The number of nitrogens with zero attached hydrogens (tertiary/aromatic N) is 2. The third kappa shape index (κ3) is 2.60. The van der Waals surface area contributed by atoms with E-state index in [0.29, 0.717) is 24.5 Å². The number of hydrogen-bond acceptors (Lipinski definition) is 6. The van der Waals surface area contributed by atoms with Crippen LogP contribution in [-0.4, -0.2) is 37.9 Å². The molecule has 6 nitrogen and oxygen atoms in total. The number of aromatic nitrogens is 1. The molecule has 25 heavy (non-hydrogen) atoms. The molecule has 1 saturated heterocycles. The Morgan fingerprint density at radius 2 is 2.12 bits per heavy atom. The van der Waals surface area contributed by atoms with Gasteiger partial charge in [-0.3, -0.25) is 4.98 Å². The largest absolute Gasteiger partial charge is 0.495 e. The van der Waals surface area contributed by atoms with Crippen LogP contribution >= 0.6 is 0 Å². The third-order valence-electron chi connectivity index (χ3n) is 4.77. The van der Waals surface area contributed by atoms with Crippen molar-refractivity contribution < 1.29 is 18.6 Å². The van der Waals surface area contributed by atoms with Gasteiger partial charge in [-0.25, -0.2) is 9.38 Å². The minimum absolute atomic E-state index is 0.0644. The number of methoxy groups -OCH3 is 1. The number of pyridine rings is 1. The van der Waals surface area contributed by atoms with Gasteiger partial charge in [0.15, 0.2) is 0 Å². The lowest BCUT2D eigenvalue weighted by Gasteiger charge is -2.34. The predicted molar refractivity (Wildman–Crippen MR) is 89.7 cm³/mol. The fourth-order valence-electron chi connectivity index (χ4n) is 3.42. The normalized spacial score (nSPS) is 25.0. The van der Waals surface area contributed by atoms with Crippen LogP contribution in [0.4, 0.5) is 4.39 Å². The van der Waals surface area contributed by atoms with Gasteiger partial charge in [-0.05, 0) is 23.8 Å². The molecule has 2 atom stereocenters. The molecule has 3 heterocycles. The first-order valence-electron chi connectivity index (χ1n) is 7.98. The van der Waals surface area contributed by atoms with Gasteiger partial charge in [0, 0.05) is 23.2 Å². The van der Waals surface area contributed by atoms with Gasteiger partial charge in [-0.2, -0.15) is 0 Å². The Morgan fingerprint density at radius 1 is 1.24 bits per heavy atom. The van der Waals surface area contributed by atoms with E-state index in [1.807, 2.05) is 6.07 Å². The van der Waals surface area contributed by atoms with Crippen molar-refractivity contribution in [3.63, 3.8) is 0 Å². The van der Waals surface area contributed by atoms with E-state index in [1.165, 1.54) is 6.07 Å². The Morgan fingerprint density at radius 3 is 2.96 bits per heavy atom. The number of hydrogen-bond donors (Lipinski definition) is 1. The standard InChI is InChI=1S/C18H18FN3O3/c1-23-14-4-12(6-21-7-14)11-2-3-16(19)15(5-11)18-10-24-8-13(18)9-25-17(20)22-18/h2-7,13H,8-10H2,1H3,(H2,20,22). The zero-order valence-electron chi connectivity index (χ0n) is 13.7. The van der Waals surface area contributed by atoms with Crippen molar-refractivity contribution >= 4 is 6.02 Å². The van der Waals surface area contributed by atoms with Gasteiger partial charge >= 0.3 is 0 Å². The van der Waals surface area contributed by atoms with Crippen LogP contribution in [0.1, 0.15) is 5.56 Å². The number of aliphatic imine (C=N–C) groups is 1. The number of ether oxygens (including phenoxy) is 3. The first kappa shape index (κ1) is 15.8. The van der Waals surface area contributed by atoms with E-state index in [1.54, 1.807) is 31.6 Å². The molecule has 0 aliphatic carbocycles. The fourth-order valence-corrected chi connectivity index (χ4v) is 3.42. The average molecular weight is 343 g/mol. The van der Waals surface area contributed by atoms with Crippen LogP contribution in [0.25, 0.3) is 11.1 Å². The third-order valence-corrected chi connectivity index (χ3v) is 4.77. The summed E-state index contributed by atoms with van der Waals surface area (Å²) in [6.45, 7) is 1.10. The number of fused-ring (bicyclic) bond motifs is 1. The molecule has 0 saturated carbocycles. The topological polar surface area (TPSA) is 79.0 Å². The van der Waals surface area contributed by atoms with Crippen molar-refractivity contribution in [1.29, 1.82) is 0 Å². The van der Waals surface area contributed by atoms with Gasteiger partial charge in [0.1, 0.15) is 17.1 Å². The molecule has 1 aromatic carbocycles. The molecule has 0 radical (unpaired) electrons. The summed E-state index contributed by atoms with van der Waals surface area (Å²) in [5, 5.41) is 0. The molecule has 2 aliphatic rings. The number of benzene rings is 1. The zero-order valence-corrected chi connectivity index (χ0v) is 13.7. The minimum Gasteiger partial charge on any atom is -0.495 e. The summed E-state index contributed by atoms with van der Waals surface area (Å²) in [4.78, 5) is 8.60. The number of halogens is 1. The summed E-state index contributed by atoms with van der Waals surface area (Å²) in [6.07, 6.45) is 3.33. The van der Waals surface area contributed by atoms with Crippen molar-refractivity contribution in [3.8, 4) is 16.9 Å². The summed E-state index contributed by atoms with van der Waals surface area (Å²) < 4.78 is 30.9. The molecule has 0 bridgehead atoms. The van der Waals surface area contributed by atoms with Crippen LogP contribution < -0.4 is 10.5 Å². The Kier molecular flexibility index (Phi) is 3.80. The first-order chi connectivity index (χ1) is 12.1. The van der Waals surface area contributed by atoms with Crippen LogP contribution in [0.3, 0.4) is 0 Å². The molecule has 2 aliphatic heterocycles. The lowest BCUT2D eigenvalue weighted by molar-refractivity contribution is 0.154. The van der Waals surface area contributed by atoms with Crippen LogP contribution in [-0.2, 0) is 15.0 Å². The second-order valence-electron chi connectivity index (χ2n) is 6.21. The molecule has 2 N–H and O–H groups in total. The van der Waals surface area contributed by atoms with E-state index in [0.717, 1.165) is 11.1 Å². The molecule has 4 rings (SSSR count). The van der Waals surface area contributed by atoms with Gasteiger partial charge in [0.25, 0.3) is 6.02 Å². The van der Waals surface area contributed by atoms with Gasteiger partial charge in [0.05, 0.1) is 33.1 Å². The van der Waals surface area contributed by atoms with E-state index in [9.17, 15) is 4.39 Å². The minimum atomic E-state index is -0.852. The molecule has 1 fully saturated rings. The lowest BCUT2D eigenvalue weighted by atomic mass is 9.79. The maximum atomic E-state index is 14.7. The number of rotatable bonds is 3. The first-order valence-corrected chi connectivity index (χ1v) is 7.98. The molecule has 0 amide bonds. The summed E-state index contributed by atoms with van der Waals surface area (Å²) in [6, 6.07) is 6.86. The molecular formula is C18H18FN3O3. The van der Waals surface area contributed by atoms with Gasteiger partial charge < -0.3 is 19.9 Å². The maximum Gasteiger partial charge on any atom is 0.282 e. The highest BCUT2D eigenvalue weighted by atomic mass is 19.1. The van der Waals surface area contributed by atoms with E-state index in [2.05, 4.69) is 9.98 Å². The molecule has 0 spiro atoms. The Labute approximate surface area is 144 Å². The SMILES string of the molecule is COc1cncc(-c2ccc(F)c(C34COCC3COC(N)=N4)c2)c1. The smallest absolute Gasteiger partial charge is 0.282 e. The second kappa shape index (κ2) is 6.00. The molecule has 1 aromatic heterocycles.